The molecule has 0 aliphatic carbocycles. The number of benzene rings is 14. The molecule has 0 spiro atoms. The van der Waals surface area contributed by atoms with E-state index in [0.29, 0.717) is 29.1 Å². The van der Waals surface area contributed by atoms with E-state index in [1.54, 1.807) is 22.7 Å². The summed E-state index contributed by atoms with van der Waals surface area (Å²) in [5, 5.41) is 13.7. The summed E-state index contributed by atoms with van der Waals surface area (Å²) in [7, 11) is -0.436. The molecule has 7 heterocycles. The van der Waals surface area contributed by atoms with Crippen molar-refractivity contribution in [3.63, 3.8) is 0 Å². The lowest BCUT2D eigenvalue weighted by atomic mass is 9.73. The number of furan rings is 2. The number of hydrogen-bond acceptors (Lipinski definition) is 12. The topological polar surface area (TPSA) is 122 Å². The van der Waals surface area contributed by atoms with Crippen LogP contribution in [0.25, 0.3) is 185 Å². The largest absolute Gasteiger partial charge is 0.496 e. The molecule has 0 bridgehead atoms. The second-order valence-corrected chi connectivity index (χ2v) is 30.0. The zero-order valence-corrected chi connectivity index (χ0v) is 60.3. The Morgan fingerprint density at radius 2 is 0.670 bits per heavy atom. The molecule has 14 aromatic carbocycles. The Bertz CT molecular complexity index is 6800. The van der Waals surface area contributed by atoms with Crippen LogP contribution in [0.2, 0.25) is 5.28 Å². The van der Waals surface area contributed by atoms with E-state index < -0.39 is 7.12 Å². The minimum absolute atomic E-state index is 0.190. The lowest BCUT2D eigenvalue weighted by Gasteiger charge is -2.32. The maximum Gasteiger partial charge on any atom is 0.496 e. The first-order valence-electron chi connectivity index (χ1n) is 35.2. The lowest BCUT2D eigenvalue weighted by Crippen LogP contribution is -2.41. The number of hydrogen-bond donors (Lipinski definition) is 0. The third-order valence-corrected chi connectivity index (χ3v) is 23.2. The van der Waals surface area contributed by atoms with Gasteiger partial charge in [-0.2, -0.15) is 9.97 Å². The molecule has 14 heteroatoms. The molecule has 0 amide bonds. The molecular weight excluding hydrogens is 1360 g/mol. The predicted octanol–water partition coefficient (Wildman–Crippen LogP) is 24.9. The van der Waals surface area contributed by atoms with Gasteiger partial charge in [0.1, 0.15) is 22.3 Å². The van der Waals surface area contributed by atoms with Crippen molar-refractivity contribution in [2.75, 3.05) is 0 Å². The highest BCUT2D eigenvalue weighted by atomic mass is 35.5. The van der Waals surface area contributed by atoms with Crippen LogP contribution in [0, 0.1) is 0 Å². The van der Waals surface area contributed by atoms with Crippen LogP contribution in [-0.2, 0) is 9.31 Å². The highest BCUT2D eigenvalue weighted by molar-refractivity contribution is 7.26. The Labute approximate surface area is 623 Å². The summed E-state index contributed by atoms with van der Waals surface area (Å²) in [4.78, 5) is 29.4. The van der Waals surface area contributed by atoms with E-state index in [0.717, 1.165) is 119 Å². The molecule has 1 fully saturated rings. The molecule has 1 aliphatic heterocycles. The Hall–Kier alpha value is -12.1. The number of rotatable bonds is 8. The van der Waals surface area contributed by atoms with Gasteiger partial charge in [-0.1, -0.05) is 255 Å². The summed E-state index contributed by atoms with van der Waals surface area (Å²) in [5.41, 5.74) is 13.0. The second kappa shape index (κ2) is 26.3. The van der Waals surface area contributed by atoms with Crippen molar-refractivity contribution in [1.29, 1.82) is 0 Å². The fourth-order valence-electron chi connectivity index (χ4n) is 14.6. The number of para-hydroxylation sites is 2. The first kappa shape index (κ1) is 64.8. The molecule has 6 aromatic heterocycles. The van der Waals surface area contributed by atoms with Gasteiger partial charge in [-0.05, 0) is 132 Å². The van der Waals surface area contributed by atoms with Gasteiger partial charge >= 0.3 is 7.12 Å². The van der Waals surface area contributed by atoms with E-state index in [1.165, 1.54) is 42.1 Å². The van der Waals surface area contributed by atoms with Gasteiger partial charge in [0.15, 0.2) is 29.1 Å². The molecule has 1 saturated heterocycles. The van der Waals surface area contributed by atoms with Gasteiger partial charge in [0.2, 0.25) is 5.28 Å². The van der Waals surface area contributed by atoms with Gasteiger partial charge in [-0.25, -0.2) is 19.9 Å². The van der Waals surface area contributed by atoms with Crippen molar-refractivity contribution in [1.82, 2.24) is 29.9 Å². The van der Waals surface area contributed by atoms with E-state index in [-0.39, 0.29) is 16.5 Å². The number of halogens is 1. The van der Waals surface area contributed by atoms with Crippen LogP contribution in [0.3, 0.4) is 0 Å². The summed E-state index contributed by atoms with van der Waals surface area (Å²) in [6.07, 6.45) is 0. The maximum atomic E-state index is 6.43. The van der Waals surface area contributed by atoms with Crippen molar-refractivity contribution in [2.24, 2.45) is 0 Å². The SMILES string of the molecule is CC1(C)OB(c2c3ccccc3cc3oc4ccccc4c23)OC1(C)C.Clc1nc(-c2ccc(-c3ccccc3)cc2)nc(-c2cccc3c2sc2ccccc23)n1.c1ccc(-c2ccc(-c3nc(-c4cccc5c4sc4ccccc45)nc(-c4c5ccccc5cc5oc6ccccc6c45)n3)cc2)cc1. The lowest BCUT2D eigenvalue weighted by molar-refractivity contribution is 0.00578. The fourth-order valence-corrected chi connectivity index (χ4v) is 17.2. The molecule has 506 valence electrons. The van der Waals surface area contributed by atoms with Crippen LogP contribution in [-0.4, -0.2) is 48.2 Å². The summed E-state index contributed by atoms with van der Waals surface area (Å²) in [5.74, 6) is 3.05. The van der Waals surface area contributed by atoms with Gasteiger partial charge in [0.25, 0.3) is 0 Å². The Balaban J connectivity index is 0.000000115. The molecule has 0 radical (unpaired) electrons. The number of fused-ring (bicyclic) bond motifs is 14. The zero-order chi connectivity index (χ0) is 71.2. The van der Waals surface area contributed by atoms with Crippen LogP contribution >= 0.6 is 34.3 Å². The van der Waals surface area contributed by atoms with Crippen molar-refractivity contribution in [2.45, 2.75) is 38.9 Å². The molecule has 0 atom stereocenters. The minimum Gasteiger partial charge on any atom is -0.456 e. The predicted molar refractivity (Wildman–Crippen MR) is 440 cm³/mol. The van der Waals surface area contributed by atoms with Crippen LogP contribution in [0.5, 0.6) is 0 Å². The summed E-state index contributed by atoms with van der Waals surface area (Å²) >= 11 is 9.87. The molecule has 10 nitrogen and oxygen atoms in total. The Kier molecular flexibility index (Phi) is 16.0. The monoisotopic (exact) mass is 1420 g/mol. The Morgan fingerprint density at radius 1 is 0.302 bits per heavy atom. The van der Waals surface area contributed by atoms with E-state index in [2.05, 4.69) is 256 Å². The van der Waals surface area contributed by atoms with Crippen LogP contribution in [0.15, 0.2) is 312 Å². The van der Waals surface area contributed by atoms with Gasteiger partial charge in [-0.3, -0.25) is 0 Å². The second-order valence-electron chi connectivity index (χ2n) is 27.5. The first-order valence-corrected chi connectivity index (χ1v) is 37.3. The van der Waals surface area contributed by atoms with Crippen molar-refractivity contribution in [3.05, 3.63) is 309 Å². The normalized spacial score (nSPS) is 13.4. The van der Waals surface area contributed by atoms with E-state index >= 15 is 0 Å². The first-order chi connectivity index (χ1) is 51.9. The fraction of sp³-hybridized carbons (Fsp3) is 0.0652. The number of nitrogens with zero attached hydrogens (tertiary/aromatic N) is 6. The third kappa shape index (κ3) is 11.5. The molecule has 0 saturated carbocycles. The van der Waals surface area contributed by atoms with Crippen molar-refractivity contribution in [3.8, 4) is 79.2 Å². The van der Waals surface area contributed by atoms with Gasteiger partial charge in [0.05, 0.1) is 11.2 Å². The highest BCUT2D eigenvalue weighted by Gasteiger charge is 2.53. The summed E-state index contributed by atoms with van der Waals surface area (Å²) in [6, 6.07) is 104. The molecule has 20 aromatic rings. The average Bonchev–Trinajstić information content (AvgIpc) is 1.56. The van der Waals surface area contributed by atoms with E-state index in [9.17, 15) is 0 Å². The quantitative estimate of drug-likeness (QED) is 0.136. The smallest absolute Gasteiger partial charge is 0.456 e. The summed E-state index contributed by atoms with van der Waals surface area (Å²) < 4.78 is 30.2. The van der Waals surface area contributed by atoms with Crippen molar-refractivity contribution < 1.29 is 18.1 Å². The molecule has 1 aliphatic rings. The van der Waals surface area contributed by atoms with Crippen LogP contribution in [0.1, 0.15) is 27.7 Å². The number of thiophene rings is 2. The minimum atomic E-state index is -0.436. The van der Waals surface area contributed by atoms with Gasteiger partial charge < -0.3 is 18.1 Å². The molecule has 0 N–H and O–H groups in total. The molecule has 0 unspecified atom stereocenters. The van der Waals surface area contributed by atoms with E-state index in [1.807, 2.05) is 84.9 Å². The summed E-state index contributed by atoms with van der Waals surface area (Å²) in [6.45, 7) is 8.34. The van der Waals surface area contributed by atoms with Crippen LogP contribution in [0.4, 0.5) is 0 Å². The van der Waals surface area contributed by atoms with E-state index in [4.69, 9.17) is 49.7 Å². The Morgan fingerprint density at radius 3 is 1.21 bits per heavy atom. The van der Waals surface area contributed by atoms with Gasteiger partial charge in [-0.15, -0.1) is 22.7 Å². The van der Waals surface area contributed by atoms with Gasteiger partial charge in [0, 0.05) is 95.2 Å². The standard InChI is InChI=1S/C43H25N3OS.C27H16ClN3S.C22H21BO3/c1-2-11-26(12-3-1)27-21-23-28(24-22-27)41-44-42(34-18-10-17-32-31-15-7-9-20-37(31)48-40(32)34)46-43(45-41)39-30-14-5-4-13-29(30)25-36-38(39)33-16-6-8-19-35(33)47-36;28-27-30-25(19-15-13-18(14-16-19)17-7-2-1-3-8-17)29-26(31-27)22-11-6-10-21-20-9-4-5-12-23(20)32-24(21)22;1-21(2)22(3,4)26-23(25-21)20-15-10-6-5-9-14(15)13-18-19(20)16-11-7-8-12-17(16)24-18/h1-25H;1-16H;5-13H,1-4H3. The molecular formula is C92H62BClN6O4S2. The average molecular weight is 1430 g/mol. The number of aromatic nitrogens is 6. The highest BCUT2D eigenvalue weighted by Crippen LogP contribution is 2.46. The molecule has 21 rings (SSSR count). The third-order valence-electron chi connectivity index (χ3n) is 20.6. The maximum absolute atomic E-state index is 6.43. The zero-order valence-electron chi connectivity index (χ0n) is 58.0. The van der Waals surface area contributed by atoms with Crippen LogP contribution < -0.4 is 5.46 Å². The van der Waals surface area contributed by atoms with Crippen molar-refractivity contribution >= 4 is 153 Å². The molecule has 106 heavy (non-hydrogen) atoms.